The molecular formula is C27H28N6O5. The van der Waals surface area contributed by atoms with Crippen LogP contribution in [0, 0.1) is 0 Å². The highest BCUT2D eigenvalue weighted by atomic mass is 16.7. The van der Waals surface area contributed by atoms with Gasteiger partial charge in [-0.05, 0) is 41.0 Å². The lowest BCUT2D eigenvalue weighted by molar-refractivity contribution is -0.245. The van der Waals surface area contributed by atoms with Crippen molar-refractivity contribution in [2.45, 2.75) is 44.7 Å². The number of carbonyl (C=O) groups is 4. The standard InChI is InChI=1S/C27H28N6O5/c1-17-25-32(24(35)16-38-33(25)27(37)30-14-18-9-11-29-12-10-18)22(13-23(28)34)26(36)31(17)15-20-7-4-6-19-5-2-3-8-21(19)20/h2-12,17,22,25H,13-16H2,1H3,(H2,28,34)(H,30,37)/t17-,22-,25-/m0/s1. The molecule has 2 saturated heterocycles. The van der Waals surface area contributed by atoms with Crippen LogP contribution in [-0.4, -0.2) is 68.5 Å². The van der Waals surface area contributed by atoms with E-state index in [9.17, 15) is 19.2 Å². The van der Waals surface area contributed by atoms with E-state index in [4.69, 9.17) is 10.6 Å². The van der Waals surface area contributed by atoms with Crippen LogP contribution < -0.4 is 11.1 Å². The van der Waals surface area contributed by atoms with Gasteiger partial charge in [0.15, 0.2) is 12.8 Å². The van der Waals surface area contributed by atoms with Crippen molar-refractivity contribution in [3.8, 4) is 0 Å². The molecule has 2 fully saturated rings. The van der Waals surface area contributed by atoms with E-state index in [0.29, 0.717) is 0 Å². The van der Waals surface area contributed by atoms with E-state index in [0.717, 1.165) is 27.0 Å². The Kier molecular flexibility index (Phi) is 6.93. The Morgan fingerprint density at radius 3 is 2.58 bits per heavy atom. The van der Waals surface area contributed by atoms with Gasteiger partial charge in [0, 0.05) is 25.5 Å². The third-order valence-corrected chi connectivity index (χ3v) is 6.98. The predicted octanol–water partition coefficient (Wildman–Crippen LogP) is 1.52. The van der Waals surface area contributed by atoms with E-state index in [1.807, 2.05) is 42.5 Å². The lowest BCUT2D eigenvalue weighted by Gasteiger charge is -2.54. The molecule has 0 saturated carbocycles. The van der Waals surface area contributed by atoms with Gasteiger partial charge in [-0.25, -0.2) is 4.79 Å². The van der Waals surface area contributed by atoms with Crippen molar-refractivity contribution in [2.75, 3.05) is 6.61 Å². The number of hydrogen-bond donors (Lipinski definition) is 2. The quantitative estimate of drug-likeness (QED) is 0.510. The van der Waals surface area contributed by atoms with Crippen molar-refractivity contribution in [3.63, 3.8) is 0 Å². The molecule has 0 bridgehead atoms. The average molecular weight is 517 g/mol. The molecule has 3 atom stereocenters. The van der Waals surface area contributed by atoms with E-state index < -0.39 is 48.6 Å². The molecule has 0 unspecified atom stereocenters. The molecule has 3 aromatic rings. The van der Waals surface area contributed by atoms with Crippen LogP contribution in [0.4, 0.5) is 4.79 Å². The number of urea groups is 1. The van der Waals surface area contributed by atoms with Crippen molar-refractivity contribution in [1.82, 2.24) is 25.2 Å². The first kappa shape index (κ1) is 25.2. The molecule has 1 aromatic heterocycles. The first-order chi connectivity index (χ1) is 18.3. The van der Waals surface area contributed by atoms with Crippen molar-refractivity contribution >= 4 is 34.5 Å². The highest BCUT2D eigenvalue weighted by Gasteiger charge is 2.53. The first-order valence-corrected chi connectivity index (χ1v) is 12.3. The molecule has 3 N–H and O–H groups in total. The van der Waals surface area contributed by atoms with Crippen molar-refractivity contribution < 1.29 is 24.0 Å². The molecule has 5 amide bonds. The molecule has 38 heavy (non-hydrogen) atoms. The zero-order valence-corrected chi connectivity index (χ0v) is 20.8. The van der Waals surface area contributed by atoms with E-state index in [1.54, 1.807) is 36.4 Å². The van der Waals surface area contributed by atoms with Crippen LogP contribution in [0.15, 0.2) is 67.0 Å². The highest BCUT2D eigenvalue weighted by molar-refractivity contribution is 5.94. The zero-order valence-electron chi connectivity index (χ0n) is 20.8. The lowest BCUT2D eigenvalue weighted by Crippen LogP contribution is -2.75. The molecule has 196 valence electrons. The number of nitrogens with two attached hydrogens (primary N) is 1. The zero-order chi connectivity index (χ0) is 26.8. The Morgan fingerprint density at radius 1 is 1.08 bits per heavy atom. The number of pyridine rings is 1. The number of rotatable bonds is 6. The van der Waals surface area contributed by atoms with Crippen molar-refractivity contribution in [2.24, 2.45) is 5.73 Å². The first-order valence-electron chi connectivity index (χ1n) is 12.3. The number of carbonyl (C=O) groups excluding carboxylic acids is 4. The van der Waals surface area contributed by atoms with Gasteiger partial charge in [0.1, 0.15) is 6.04 Å². The minimum absolute atomic E-state index is 0.208. The van der Waals surface area contributed by atoms with Gasteiger partial charge in [0.2, 0.25) is 11.8 Å². The maximum Gasteiger partial charge on any atom is 0.343 e. The van der Waals surface area contributed by atoms with Crippen LogP contribution in [0.3, 0.4) is 0 Å². The molecule has 2 aliphatic heterocycles. The Hall–Kier alpha value is -4.51. The van der Waals surface area contributed by atoms with E-state index >= 15 is 0 Å². The summed E-state index contributed by atoms with van der Waals surface area (Å²) in [4.78, 5) is 64.4. The number of fused-ring (bicyclic) bond motifs is 2. The van der Waals surface area contributed by atoms with Gasteiger partial charge in [-0.2, -0.15) is 5.06 Å². The second-order valence-corrected chi connectivity index (χ2v) is 9.36. The number of primary amides is 1. The van der Waals surface area contributed by atoms with Crippen LogP contribution in [0.5, 0.6) is 0 Å². The highest BCUT2D eigenvalue weighted by Crippen LogP contribution is 2.32. The third-order valence-electron chi connectivity index (χ3n) is 6.98. The maximum atomic E-state index is 13.8. The number of piperazine rings is 1. The second-order valence-electron chi connectivity index (χ2n) is 9.36. The Morgan fingerprint density at radius 2 is 1.82 bits per heavy atom. The molecule has 11 nitrogen and oxygen atoms in total. The molecule has 0 spiro atoms. The minimum Gasteiger partial charge on any atom is -0.370 e. The van der Waals surface area contributed by atoms with Gasteiger partial charge >= 0.3 is 6.03 Å². The molecule has 3 heterocycles. The molecule has 0 radical (unpaired) electrons. The number of nitrogens with zero attached hydrogens (tertiary/aromatic N) is 4. The summed E-state index contributed by atoms with van der Waals surface area (Å²) in [5, 5.41) is 5.88. The van der Waals surface area contributed by atoms with Crippen LogP contribution >= 0.6 is 0 Å². The average Bonchev–Trinajstić information content (AvgIpc) is 2.92. The number of amides is 5. The summed E-state index contributed by atoms with van der Waals surface area (Å²) >= 11 is 0. The second kappa shape index (κ2) is 10.5. The smallest absolute Gasteiger partial charge is 0.343 e. The van der Waals surface area contributed by atoms with Crippen molar-refractivity contribution in [3.05, 3.63) is 78.1 Å². The Bertz CT molecular complexity index is 1380. The summed E-state index contributed by atoms with van der Waals surface area (Å²) in [7, 11) is 0. The number of hydroxylamine groups is 2. The van der Waals surface area contributed by atoms with Crippen LogP contribution in [0.2, 0.25) is 0 Å². The summed E-state index contributed by atoms with van der Waals surface area (Å²) in [6.07, 6.45) is 1.90. The third kappa shape index (κ3) is 4.75. The summed E-state index contributed by atoms with van der Waals surface area (Å²) in [5.41, 5.74) is 7.21. The molecule has 2 aliphatic rings. The van der Waals surface area contributed by atoms with Crippen LogP contribution in [-0.2, 0) is 32.3 Å². The fourth-order valence-electron chi connectivity index (χ4n) is 5.14. The number of aromatic nitrogens is 1. The summed E-state index contributed by atoms with van der Waals surface area (Å²) < 4.78 is 0. The minimum atomic E-state index is -1.16. The number of nitrogens with one attached hydrogen (secondary N) is 1. The summed E-state index contributed by atoms with van der Waals surface area (Å²) in [5.74, 6) is -1.63. The van der Waals surface area contributed by atoms with Crippen LogP contribution in [0.1, 0.15) is 24.5 Å². The molecule has 0 aliphatic carbocycles. The molecule has 11 heteroatoms. The van der Waals surface area contributed by atoms with Gasteiger partial charge in [0.25, 0.3) is 5.91 Å². The fraction of sp³-hybridized carbons (Fsp3) is 0.296. The van der Waals surface area contributed by atoms with E-state index in [2.05, 4.69) is 10.3 Å². The van der Waals surface area contributed by atoms with Crippen molar-refractivity contribution in [1.29, 1.82) is 0 Å². The topological polar surface area (TPSA) is 138 Å². The Labute approximate surface area is 219 Å². The van der Waals surface area contributed by atoms with E-state index in [-0.39, 0.29) is 19.5 Å². The van der Waals surface area contributed by atoms with Gasteiger partial charge in [-0.1, -0.05) is 42.5 Å². The molecular weight excluding hydrogens is 488 g/mol. The Balaban J connectivity index is 1.47. The van der Waals surface area contributed by atoms with Gasteiger partial charge in [-0.15, -0.1) is 0 Å². The van der Waals surface area contributed by atoms with Crippen LogP contribution in [0.25, 0.3) is 10.8 Å². The monoisotopic (exact) mass is 516 g/mol. The summed E-state index contributed by atoms with van der Waals surface area (Å²) in [6, 6.07) is 14.8. The SMILES string of the molecule is C[C@H]1[C@@H]2N(C(=O)NCc3ccncc3)OCC(=O)N2[C@@H](CC(N)=O)C(=O)N1Cc1cccc2ccccc12. The maximum absolute atomic E-state index is 13.8. The van der Waals surface area contributed by atoms with Gasteiger partial charge in [-0.3, -0.25) is 24.2 Å². The molecule has 5 rings (SSSR count). The largest absolute Gasteiger partial charge is 0.370 e. The predicted molar refractivity (Wildman–Crippen MR) is 136 cm³/mol. The van der Waals surface area contributed by atoms with Gasteiger partial charge < -0.3 is 20.9 Å². The number of hydrogen-bond acceptors (Lipinski definition) is 6. The van der Waals surface area contributed by atoms with Gasteiger partial charge in [0.05, 0.1) is 12.5 Å². The normalized spacial score (nSPS) is 21.4. The number of benzene rings is 2. The van der Waals surface area contributed by atoms with E-state index in [1.165, 1.54) is 4.90 Å². The lowest BCUT2D eigenvalue weighted by atomic mass is 9.97. The fourth-order valence-corrected chi connectivity index (χ4v) is 5.14. The summed E-state index contributed by atoms with van der Waals surface area (Å²) in [6.45, 7) is 1.73. The molecule has 2 aromatic carbocycles.